The third-order valence-corrected chi connectivity index (χ3v) is 2.41. The van der Waals surface area contributed by atoms with Gasteiger partial charge in [0.25, 0.3) is 0 Å². The van der Waals surface area contributed by atoms with E-state index in [9.17, 15) is 0 Å². The Balaban J connectivity index is 3.07. The third kappa shape index (κ3) is 9.62. The fourth-order valence-corrected chi connectivity index (χ4v) is 1.48. The van der Waals surface area contributed by atoms with Crippen LogP contribution in [0.25, 0.3) is 0 Å². The molecule has 0 saturated heterocycles. The Morgan fingerprint density at radius 2 is 1.85 bits per heavy atom. The van der Waals surface area contributed by atoms with Crippen LogP contribution in [0.1, 0.15) is 58.3 Å². The van der Waals surface area contributed by atoms with E-state index in [1.165, 1.54) is 44.9 Å². The lowest BCUT2D eigenvalue weighted by Crippen LogP contribution is -2.19. The molecule has 0 aromatic carbocycles. The van der Waals surface area contributed by atoms with E-state index in [0.29, 0.717) is 6.04 Å². The molecule has 1 heteroatoms. The van der Waals surface area contributed by atoms with E-state index in [0.717, 1.165) is 6.42 Å². The Morgan fingerprint density at radius 3 is 2.46 bits per heavy atom. The highest BCUT2D eigenvalue weighted by Crippen LogP contribution is 2.08. The quantitative estimate of drug-likeness (QED) is 0.428. The van der Waals surface area contributed by atoms with Gasteiger partial charge < -0.3 is 5.73 Å². The first-order chi connectivity index (χ1) is 6.31. The monoisotopic (exact) mass is 183 g/mol. The van der Waals surface area contributed by atoms with Gasteiger partial charge in [-0.25, -0.2) is 0 Å². The molecule has 0 aliphatic carbocycles. The highest BCUT2D eigenvalue weighted by Gasteiger charge is 2.00. The molecule has 0 bridgehead atoms. The normalized spacial score (nSPS) is 12.8. The lowest BCUT2D eigenvalue weighted by molar-refractivity contribution is 0.507. The van der Waals surface area contributed by atoms with Gasteiger partial charge in [-0.05, 0) is 25.7 Å². The zero-order valence-electron chi connectivity index (χ0n) is 9.10. The minimum Gasteiger partial charge on any atom is -0.328 e. The zero-order valence-corrected chi connectivity index (χ0v) is 9.10. The van der Waals surface area contributed by atoms with Crippen molar-refractivity contribution >= 4 is 0 Å². The molecule has 0 spiro atoms. The Hall–Kier alpha value is -0.300. The predicted molar refractivity (Wildman–Crippen MR) is 60.8 cm³/mol. The molecule has 0 aliphatic rings. The number of nitrogens with two attached hydrogens (primary N) is 1. The van der Waals surface area contributed by atoms with Crippen LogP contribution in [-0.2, 0) is 0 Å². The molecular formula is C12H25N. The van der Waals surface area contributed by atoms with Crippen LogP contribution in [0.2, 0.25) is 0 Å². The predicted octanol–water partition coefficient (Wildman–Crippen LogP) is 3.64. The van der Waals surface area contributed by atoms with E-state index < -0.39 is 0 Å². The van der Waals surface area contributed by atoms with Gasteiger partial charge in [0.05, 0.1) is 0 Å². The molecule has 13 heavy (non-hydrogen) atoms. The van der Waals surface area contributed by atoms with Crippen molar-refractivity contribution in [2.75, 3.05) is 0 Å². The molecule has 0 radical (unpaired) electrons. The van der Waals surface area contributed by atoms with E-state index in [-0.39, 0.29) is 0 Å². The van der Waals surface area contributed by atoms with Crippen molar-refractivity contribution in [3.05, 3.63) is 12.7 Å². The summed E-state index contributed by atoms with van der Waals surface area (Å²) in [5, 5.41) is 0. The summed E-state index contributed by atoms with van der Waals surface area (Å²) in [6.45, 7) is 5.93. The van der Waals surface area contributed by atoms with Crippen LogP contribution in [0.5, 0.6) is 0 Å². The number of rotatable bonds is 9. The van der Waals surface area contributed by atoms with E-state index in [1.54, 1.807) is 0 Å². The smallest absolute Gasteiger partial charge is 0.00388 e. The Labute approximate surface area is 83.4 Å². The van der Waals surface area contributed by atoms with Crippen molar-refractivity contribution < 1.29 is 0 Å². The Morgan fingerprint density at radius 1 is 1.15 bits per heavy atom. The summed E-state index contributed by atoms with van der Waals surface area (Å²) in [7, 11) is 0. The summed E-state index contributed by atoms with van der Waals surface area (Å²) in [5.41, 5.74) is 5.95. The van der Waals surface area contributed by atoms with E-state index in [2.05, 4.69) is 13.5 Å². The van der Waals surface area contributed by atoms with Crippen molar-refractivity contribution in [1.29, 1.82) is 0 Å². The summed E-state index contributed by atoms with van der Waals surface area (Å²) in [4.78, 5) is 0. The van der Waals surface area contributed by atoms with Crippen molar-refractivity contribution in [2.45, 2.75) is 64.3 Å². The standard InChI is InChI=1S/C12H25N/c1-3-5-7-8-9-11-12(13)10-6-4-2/h3,12H,1,4-11,13H2,2H3. The number of hydrogen-bond acceptors (Lipinski definition) is 1. The summed E-state index contributed by atoms with van der Waals surface area (Å²) in [5.74, 6) is 0. The first-order valence-corrected chi connectivity index (χ1v) is 5.67. The summed E-state index contributed by atoms with van der Waals surface area (Å²) in [6, 6.07) is 0.448. The molecule has 0 aromatic heterocycles. The van der Waals surface area contributed by atoms with Gasteiger partial charge in [-0.1, -0.05) is 38.7 Å². The summed E-state index contributed by atoms with van der Waals surface area (Å²) in [6.07, 6.45) is 12.0. The molecule has 1 unspecified atom stereocenters. The molecule has 0 amide bonds. The maximum Gasteiger partial charge on any atom is 0.00388 e. The fourth-order valence-electron chi connectivity index (χ4n) is 1.48. The van der Waals surface area contributed by atoms with E-state index in [1.807, 2.05) is 6.08 Å². The van der Waals surface area contributed by atoms with E-state index >= 15 is 0 Å². The third-order valence-electron chi connectivity index (χ3n) is 2.41. The average Bonchev–Trinajstić information content (AvgIpc) is 2.14. The number of allylic oxidation sites excluding steroid dienone is 1. The zero-order chi connectivity index (χ0) is 9.94. The molecule has 1 nitrogen and oxygen atoms in total. The molecule has 0 saturated carbocycles. The summed E-state index contributed by atoms with van der Waals surface area (Å²) < 4.78 is 0. The highest BCUT2D eigenvalue weighted by molar-refractivity contribution is 4.66. The second-order valence-electron chi connectivity index (χ2n) is 3.83. The van der Waals surface area contributed by atoms with Crippen LogP contribution in [0.3, 0.4) is 0 Å². The maximum absolute atomic E-state index is 5.95. The number of hydrogen-bond donors (Lipinski definition) is 1. The van der Waals surface area contributed by atoms with Crippen molar-refractivity contribution in [1.82, 2.24) is 0 Å². The highest BCUT2D eigenvalue weighted by atomic mass is 14.6. The first-order valence-electron chi connectivity index (χ1n) is 5.67. The molecule has 0 fully saturated rings. The van der Waals surface area contributed by atoms with Gasteiger partial charge in [-0.3, -0.25) is 0 Å². The van der Waals surface area contributed by atoms with Gasteiger partial charge in [0.15, 0.2) is 0 Å². The maximum atomic E-state index is 5.95. The fraction of sp³-hybridized carbons (Fsp3) is 0.833. The van der Waals surface area contributed by atoms with E-state index in [4.69, 9.17) is 5.73 Å². The SMILES string of the molecule is C=CCCCCCC(N)CCCC. The minimum absolute atomic E-state index is 0.448. The van der Waals surface area contributed by atoms with Crippen LogP contribution in [-0.4, -0.2) is 6.04 Å². The number of unbranched alkanes of at least 4 members (excludes halogenated alkanes) is 4. The van der Waals surface area contributed by atoms with Crippen molar-refractivity contribution in [3.8, 4) is 0 Å². The van der Waals surface area contributed by atoms with Gasteiger partial charge in [0, 0.05) is 6.04 Å². The van der Waals surface area contributed by atoms with Gasteiger partial charge >= 0.3 is 0 Å². The molecule has 0 aliphatic heterocycles. The lowest BCUT2D eigenvalue weighted by atomic mass is 10.0. The molecule has 0 aromatic rings. The van der Waals surface area contributed by atoms with Gasteiger partial charge in [-0.2, -0.15) is 0 Å². The topological polar surface area (TPSA) is 26.0 Å². The minimum atomic E-state index is 0.448. The molecule has 0 heterocycles. The van der Waals surface area contributed by atoms with Crippen LogP contribution >= 0.6 is 0 Å². The first kappa shape index (κ1) is 12.7. The van der Waals surface area contributed by atoms with Crippen molar-refractivity contribution in [2.24, 2.45) is 5.73 Å². The average molecular weight is 183 g/mol. The summed E-state index contributed by atoms with van der Waals surface area (Å²) >= 11 is 0. The second kappa shape index (κ2) is 9.79. The molecule has 0 rings (SSSR count). The molecular weight excluding hydrogens is 158 g/mol. The van der Waals surface area contributed by atoms with Crippen molar-refractivity contribution in [3.63, 3.8) is 0 Å². The largest absolute Gasteiger partial charge is 0.328 e. The van der Waals surface area contributed by atoms with Crippen LogP contribution in [0.4, 0.5) is 0 Å². The van der Waals surface area contributed by atoms with Gasteiger partial charge in [0.2, 0.25) is 0 Å². The lowest BCUT2D eigenvalue weighted by Gasteiger charge is -2.09. The second-order valence-corrected chi connectivity index (χ2v) is 3.83. The van der Waals surface area contributed by atoms with Gasteiger partial charge in [-0.15, -0.1) is 6.58 Å². The van der Waals surface area contributed by atoms with Gasteiger partial charge in [0.1, 0.15) is 0 Å². The Kier molecular flexibility index (Phi) is 9.56. The Bertz CT molecular complexity index is 110. The molecule has 78 valence electrons. The van der Waals surface area contributed by atoms with Crippen LogP contribution in [0, 0.1) is 0 Å². The molecule has 1 atom stereocenters. The van der Waals surface area contributed by atoms with Crippen LogP contribution in [0.15, 0.2) is 12.7 Å². The molecule has 2 N–H and O–H groups in total. The van der Waals surface area contributed by atoms with Crippen LogP contribution < -0.4 is 5.73 Å².